The molecule has 8 nitrogen and oxygen atoms in total. The number of carbonyl (C=O) groups excluding carboxylic acids is 1. The fourth-order valence-corrected chi connectivity index (χ4v) is 3.72. The summed E-state index contributed by atoms with van der Waals surface area (Å²) >= 11 is 0. The van der Waals surface area contributed by atoms with Gasteiger partial charge in [0.05, 0.1) is 24.5 Å². The lowest BCUT2D eigenvalue weighted by Crippen LogP contribution is -2.46. The second kappa shape index (κ2) is 10.3. The van der Waals surface area contributed by atoms with E-state index in [4.69, 9.17) is 0 Å². The summed E-state index contributed by atoms with van der Waals surface area (Å²) in [7, 11) is 0. The van der Waals surface area contributed by atoms with Gasteiger partial charge in [-0.05, 0) is 48.2 Å². The van der Waals surface area contributed by atoms with Gasteiger partial charge in [0.1, 0.15) is 0 Å². The minimum Gasteiger partial charge on any atom is -0.345 e. The van der Waals surface area contributed by atoms with Crippen LogP contribution in [0.3, 0.4) is 0 Å². The first kappa shape index (κ1) is 23.8. The molecule has 4 rings (SSSR count). The van der Waals surface area contributed by atoms with Gasteiger partial charge in [-0.25, -0.2) is 4.79 Å². The predicted octanol–water partition coefficient (Wildman–Crippen LogP) is 3.20. The summed E-state index contributed by atoms with van der Waals surface area (Å²) in [5.41, 5.74) is 2.26. The van der Waals surface area contributed by atoms with Crippen molar-refractivity contribution in [3.8, 4) is 5.69 Å². The maximum Gasteiger partial charge on any atom is 0.352 e. The zero-order chi connectivity index (χ0) is 24.9. The van der Waals surface area contributed by atoms with E-state index in [9.17, 15) is 14.4 Å². The third-order valence-corrected chi connectivity index (χ3v) is 5.66. The normalized spacial score (nSPS) is 11.0. The number of benzene rings is 2. The van der Waals surface area contributed by atoms with Gasteiger partial charge in [0.15, 0.2) is 0 Å². The Morgan fingerprint density at radius 3 is 2.43 bits per heavy atom. The van der Waals surface area contributed by atoms with Gasteiger partial charge in [-0.15, -0.1) is 0 Å². The number of carbonyl (C=O) groups is 1. The summed E-state index contributed by atoms with van der Waals surface area (Å²) in [6.07, 6.45) is 1.62. The van der Waals surface area contributed by atoms with Crippen molar-refractivity contribution in [2.24, 2.45) is 0 Å². The van der Waals surface area contributed by atoms with E-state index in [0.29, 0.717) is 17.3 Å². The maximum absolute atomic E-state index is 13.4. The topological polar surface area (TPSA) is 98.9 Å². The summed E-state index contributed by atoms with van der Waals surface area (Å²) in [6, 6.07) is 20.2. The van der Waals surface area contributed by atoms with Crippen molar-refractivity contribution in [1.82, 2.24) is 24.6 Å². The molecule has 0 fully saturated rings. The summed E-state index contributed by atoms with van der Waals surface area (Å²) in [6.45, 7) is 6.23. The Hall–Kier alpha value is -4.33. The van der Waals surface area contributed by atoms with Crippen LogP contribution in [-0.4, -0.2) is 25.2 Å². The standard InChI is InChI=1S/C27H27N5O3/c1-18(2)21-10-12-23(13-11-21)32-27(35)31(17-20-8-6-7-19(3)15-20)26(34)24(30-32)25(33)29-16-22-9-4-5-14-28-22/h4-15,18H,16-17H2,1-3H3,(H,29,33). The molecule has 35 heavy (non-hydrogen) atoms. The Labute approximate surface area is 202 Å². The zero-order valence-corrected chi connectivity index (χ0v) is 19.9. The third-order valence-electron chi connectivity index (χ3n) is 5.66. The van der Waals surface area contributed by atoms with Crippen LogP contribution < -0.4 is 16.6 Å². The fraction of sp³-hybridized carbons (Fsp3) is 0.222. The van der Waals surface area contributed by atoms with Gasteiger partial charge in [-0.1, -0.05) is 61.9 Å². The van der Waals surface area contributed by atoms with Crippen LogP contribution in [0.1, 0.15) is 52.6 Å². The quantitative estimate of drug-likeness (QED) is 0.448. The van der Waals surface area contributed by atoms with Crippen molar-refractivity contribution in [2.45, 2.75) is 39.8 Å². The molecule has 2 heterocycles. The van der Waals surface area contributed by atoms with Crippen LogP contribution in [0.4, 0.5) is 0 Å². The van der Waals surface area contributed by atoms with Gasteiger partial charge in [-0.3, -0.25) is 19.1 Å². The highest BCUT2D eigenvalue weighted by Gasteiger charge is 2.20. The highest BCUT2D eigenvalue weighted by molar-refractivity contribution is 5.91. The molecule has 0 spiro atoms. The first-order chi connectivity index (χ1) is 16.8. The fourth-order valence-electron chi connectivity index (χ4n) is 3.72. The number of pyridine rings is 1. The van der Waals surface area contributed by atoms with Crippen LogP contribution in [0.2, 0.25) is 0 Å². The van der Waals surface area contributed by atoms with E-state index in [2.05, 4.69) is 29.2 Å². The maximum atomic E-state index is 13.4. The number of rotatable bonds is 7. The Morgan fingerprint density at radius 2 is 1.77 bits per heavy atom. The van der Waals surface area contributed by atoms with E-state index in [1.165, 1.54) is 0 Å². The molecule has 8 heteroatoms. The number of nitrogens with zero attached hydrogens (tertiary/aromatic N) is 4. The number of nitrogens with one attached hydrogen (secondary N) is 1. The number of hydrogen-bond acceptors (Lipinski definition) is 5. The average Bonchev–Trinajstić information content (AvgIpc) is 2.86. The van der Waals surface area contributed by atoms with Crippen molar-refractivity contribution in [3.05, 3.63) is 122 Å². The molecule has 178 valence electrons. The number of aromatic nitrogens is 4. The van der Waals surface area contributed by atoms with Gasteiger partial charge in [-0.2, -0.15) is 9.78 Å². The Kier molecular flexibility index (Phi) is 7.01. The minimum atomic E-state index is -0.745. The monoisotopic (exact) mass is 469 g/mol. The summed E-state index contributed by atoms with van der Waals surface area (Å²) in [5, 5.41) is 6.87. The highest BCUT2D eigenvalue weighted by Crippen LogP contribution is 2.15. The number of hydrogen-bond donors (Lipinski definition) is 1. The van der Waals surface area contributed by atoms with E-state index in [0.717, 1.165) is 25.9 Å². The molecule has 0 saturated heterocycles. The first-order valence-electron chi connectivity index (χ1n) is 11.4. The molecule has 0 atom stereocenters. The minimum absolute atomic E-state index is 0.0203. The number of amides is 1. The molecule has 0 saturated carbocycles. The molecule has 0 aliphatic heterocycles. The Balaban J connectivity index is 1.78. The highest BCUT2D eigenvalue weighted by atomic mass is 16.2. The van der Waals surface area contributed by atoms with Crippen LogP contribution >= 0.6 is 0 Å². The van der Waals surface area contributed by atoms with Crippen molar-refractivity contribution in [2.75, 3.05) is 0 Å². The molecule has 4 aromatic rings. The van der Waals surface area contributed by atoms with Gasteiger partial charge in [0.2, 0.25) is 5.69 Å². The van der Waals surface area contributed by atoms with Crippen molar-refractivity contribution < 1.29 is 4.79 Å². The predicted molar refractivity (Wildman–Crippen MR) is 134 cm³/mol. The third kappa shape index (κ3) is 5.43. The Morgan fingerprint density at radius 1 is 1.00 bits per heavy atom. The zero-order valence-electron chi connectivity index (χ0n) is 19.9. The Bertz CT molecular complexity index is 1460. The molecule has 0 unspecified atom stereocenters. The van der Waals surface area contributed by atoms with Gasteiger partial charge >= 0.3 is 5.69 Å². The SMILES string of the molecule is Cc1cccc(Cn2c(=O)c(C(=O)NCc3ccccn3)nn(-c3ccc(C(C)C)cc3)c2=O)c1. The van der Waals surface area contributed by atoms with Crippen LogP contribution in [0.15, 0.2) is 82.5 Å². The lowest BCUT2D eigenvalue weighted by Gasteiger charge is -2.13. The molecule has 0 radical (unpaired) electrons. The van der Waals surface area contributed by atoms with Crippen LogP contribution in [-0.2, 0) is 13.1 Å². The van der Waals surface area contributed by atoms with Crippen LogP contribution in [0.5, 0.6) is 0 Å². The first-order valence-corrected chi connectivity index (χ1v) is 11.4. The molecule has 1 amide bonds. The molecule has 0 bridgehead atoms. The van der Waals surface area contributed by atoms with Crippen LogP contribution in [0, 0.1) is 6.92 Å². The van der Waals surface area contributed by atoms with E-state index in [1.807, 2.05) is 49.4 Å². The van der Waals surface area contributed by atoms with Gasteiger partial charge in [0, 0.05) is 6.20 Å². The molecule has 0 aliphatic carbocycles. The molecule has 0 aliphatic rings. The van der Waals surface area contributed by atoms with Gasteiger partial charge < -0.3 is 5.32 Å². The molecule has 1 N–H and O–H groups in total. The lowest BCUT2D eigenvalue weighted by molar-refractivity contribution is 0.0940. The van der Waals surface area contributed by atoms with Crippen molar-refractivity contribution in [1.29, 1.82) is 0 Å². The van der Waals surface area contributed by atoms with Crippen molar-refractivity contribution in [3.63, 3.8) is 0 Å². The van der Waals surface area contributed by atoms with E-state index >= 15 is 0 Å². The average molecular weight is 470 g/mol. The smallest absolute Gasteiger partial charge is 0.345 e. The summed E-state index contributed by atoms with van der Waals surface area (Å²) in [5.74, 6) is -0.358. The van der Waals surface area contributed by atoms with E-state index < -0.39 is 17.2 Å². The summed E-state index contributed by atoms with van der Waals surface area (Å²) in [4.78, 5) is 43.8. The van der Waals surface area contributed by atoms with E-state index in [-0.39, 0.29) is 18.8 Å². The molecule has 2 aromatic heterocycles. The molecule has 2 aromatic carbocycles. The largest absolute Gasteiger partial charge is 0.352 e. The lowest BCUT2D eigenvalue weighted by atomic mass is 10.0. The van der Waals surface area contributed by atoms with Gasteiger partial charge in [0.25, 0.3) is 11.5 Å². The van der Waals surface area contributed by atoms with E-state index in [1.54, 1.807) is 30.5 Å². The van der Waals surface area contributed by atoms with Crippen molar-refractivity contribution >= 4 is 5.91 Å². The second-order valence-corrected chi connectivity index (χ2v) is 8.67. The summed E-state index contributed by atoms with van der Waals surface area (Å²) < 4.78 is 2.16. The van der Waals surface area contributed by atoms with Crippen LogP contribution in [0.25, 0.3) is 5.69 Å². The molecular weight excluding hydrogens is 442 g/mol. The second-order valence-electron chi connectivity index (χ2n) is 8.67. The molecular formula is C27H27N5O3. The number of aryl methyl sites for hydroxylation is 1.